The van der Waals surface area contributed by atoms with Gasteiger partial charge in [0.1, 0.15) is 11.9 Å². The number of benzene rings is 1. The van der Waals surface area contributed by atoms with E-state index in [1.807, 2.05) is 0 Å². The minimum atomic E-state index is -1.06. The Bertz CT molecular complexity index is 372. The van der Waals surface area contributed by atoms with E-state index in [2.05, 4.69) is 0 Å². The summed E-state index contributed by atoms with van der Waals surface area (Å²) in [5.74, 6) is -3.66. The highest BCUT2D eigenvalue weighted by Gasteiger charge is 2.26. The van der Waals surface area contributed by atoms with Gasteiger partial charge in [0, 0.05) is 18.6 Å². The van der Waals surface area contributed by atoms with E-state index in [0.29, 0.717) is 31.4 Å². The summed E-state index contributed by atoms with van der Waals surface area (Å²) in [5, 5.41) is 9.23. The smallest absolute Gasteiger partial charge is 0.191 e. The molecule has 16 heavy (non-hydrogen) atoms. The van der Waals surface area contributed by atoms with Gasteiger partial charge in [-0.25, -0.2) is 13.2 Å². The van der Waals surface area contributed by atoms with Gasteiger partial charge in [-0.1, -0.05) is 0 Å². The van der Waals surface area contributed by atoms with Crippen LogP contribution < -0.4 is 4.74 Å². The Morgan fingerprint density at radius 1 is 1.12 bits per heavy atom. The van der Waals surface area contributed by atoms with Gasteiger partial charge in [0.2, 0.25) is 0 Å². The summed E-state index contributed by atoms with van der Waals surface area (Å²) in [6.07, 6.45) is 0.531. The van der Waals surface area contributed by atoms with Crippen molar-refractivity contribution in [3.05, 3.63) is 29.6 Å². The first-order chi connectivity index (χ1) is 7.56. The van der Waals surface area contributed by atoms with Crippen LogP contribution in [-0.2, 0) is 0 Å². The van der Waals surface area contributed by atoms with Gasteiger partial charge < -0.3 is 9.84 Å². The number of halogens is 3. The second-order valence-corrected chi connectivity index (χ2v) is 3.91. The number of aliphatic hydroxyl groups is 1. The molecule has 1 aromatic rings. The van der Waals surface area contributed by atoms with Crippen molar-refractivity contribution in [2.45, 2.75) is 31.5 Å². The van der Waals surface area contributed by atoms with E-state index in [4.69, 9.17) is 4.74 Å². The molecule has 0 radical (unpaired) electrons. The molecule has 0 spiro atoms. The lowest BCUT2D eigenvalue weighted by molar-refractivity contribution is 0.143. The maximum atomic E-state index is 13.2. The minimum Gasteiger partial charge on any atom is -0.484 e. The van der Waals surface area contributed by atoms with E-state index in [9.17, 15) is 18.3 Å². The lowest BCUT2D eigenvalue weighted by atomic mass is 10.2. The molecule has 1 saturated carbocycles. The van der Waals surface area contributed by atoms with Crippen molar-refractivity contribution in [2.75, 3.05) is 0 Å². The summed E-state index contributed by atoms with van der Waals surface area (Å²) in [6.45, 7) is 0. The predicted octanol–water partition coefficient (Wildman–Crippen LogP) is 2.40. The Morgan fingerprint density at radius 2 is 1.75 bits per heavy atom. The Morgan fingerprint density at radius 3 is 2.25 bits per heavy atom. The molecule has 1 aliphatic rings. The van der Waals surface area contributed by atoms with E-state index in [0.717, 1.165) is 0 Å². The summed E-state index contributed by atoms with van der Waals surface area (Å²) in [4.78, 5) is 0. The summed E-state index contributed by atoms with van der Waals surface area (Å²) in [5.41, 5.74) is 0. The highest BCUT2D eigenvalue weighted by molar-refractivity contribution is 5.27. The van der Waals surface area contributed by atoms with Crippen molar-refractivity contribution < 1.29 is 23.0 Å². The van der Waals surface area contributed by atoms with Gasteiger partial charge >= 0.3 is 0 Å². The van der Waals surface area contributed by atoms with E-state index < -0.39 is 35.4 Å². The molecule has 0 heterocycles. The molecule has 5 heteroatoms. The van der Waals surface area contributed by atoms with Crippen LogP contribution in [0.1, 0.15) is 19.3 Å². The van der Waals surface area contributed by atoms with Crippen LogP contribution in [-0.4, -0.2) is 17.3 Å². The SMILES string of the molecule is OC1CCC(Oc2c(F)cc(F)cc2F)C1. The van der Waals surface area contributed by atoms with Gasteiger partial charge in [0.25, 0.3) is 0 Å². The van der Waals surface area contributed by atoms with Gasteiger partial charge in [-0.05, 0) is 12.8 Å². The largest absolute Gasteiger partial charge is 0.484 e. The van der Waals surface area contributed by atoms with E-state index >= 15 is 0 Å². The van der Waals surface area contributed by atoms with Gasteiger partial charge in [-0.15, -0.1) is 0 Å². The molecule has 0 amide bonds. The third-order valence-electron chi connectivity index (χ3n) is 2.60. The summed E-state index contributed by atoms with van der Waals surface area (Å²) < 4.78 is 44.1. The van der Waals surface area contributed by atoms with Crippen LogP contribution in [0.2, 0.25) is 0 Å². The number of aliphatic hydroxyl groups excluding tert-OH is 1. The zero-order valence-electron chi connectivity index (χ0n) is 8.42. The average Bonchev–Trinajstić information content (AvgIpc) is 2.58. The minimum absolute atomic E-state index is 0.344. The normalized spacial score (nSPS) is 24.8. The molecule has 1 N–H and O–H groups in total. The van der Waals surface area contributed by atoms with Crippen molar-refractivity contribution in [3.63, 3.8) is 0 Å². The first-order valence-corrected chi connectivity index (χ1v) is 5.05. The Balaban J connectivity index is 2.15. The Kier molecular flexibility index (Phi) is 3.05. The van der Waals surface area contributed by atoms with E-state index in [1.54, 1.807) is 0 Å². The van der Waals surface area contributed by atoms with Crippen LogP contribution in [0.3, 0.4) is 0 Å². The topological polar surface area (TPSA) is 29.5 Å². The lowest BCUT2D eigenvalue weighted by Crippen LogP contribution is -2.15. The third kappa shape index (κ3) is 2.29. The fourth-order valence-corrected chi connectivity index (χ4v) is 1.83. The van der Waals surface area contributed by atoms with Crippen LogP contribution in [0.25, 0.3) is 0 Å². The van der Waals surface area contributed by atoms with Crippen molar-refractivity contribution >= 4 is 0 Å². The number of hydrogen-bond acceptors (Lipinski definition) is 2. The lowest BCUT2D eigenvalue weighted by Gasteiger charge is -2.14. The van der Waals surface area contributed by atoms with Crippen molar-refractivity contribution in [1.82, 2.24) is 0 Å². The van der Waals surface area contributed by atoms with Gasteiger partial charge in [0.15, 0.2) is 17.4 Å². The van der Waals surface area contributed by atoms with Crippen molar-refractivity contribution in [2.24, 2.45) is 0 Å². The second kappa shape index (κ2) is 4.33. The monoisotopic (exact) mass is 232 g/mol. The third-order valence-corrected chi connectivity index (χ3v) is 2.60. The molecular formula is C11H11F3O2. The Hall–Kier alpha value is -1.23. The molecule has 0 aliphatic heterocycles. The maximum Gasteiger partial charge on any atom is 0.191 e. The second-order valence-electron chi connectivity index (χ2n) is 3.91. The van der Waals surface area contributed by atoms with Gasteiger partial charge in [0.05, 0.1) is 6.10 Å². The molecule has 0 bridgehead atoms. The van der Waals surface area contributed by atoms with E-state index in [1.165, 1.54) is 0 Å². The van der Waals surface area contributed by atoms with Crippen LogP contribution >= 0.6 is 0 Å². The summed E-state index contributed by atoms with van der Waals surface area (Å²) in [6, 6.07) is 1.15. The molecular weight excluding hydrogens is 221 g/mol. The maximum absolute atomic E-state index is 13.2. The standard InChI is InChI=1S/C11H11F3O2/c12-6-3-9(13)11(10(14)4-6)16-8-2-1-7(15)5-8/h3-4,7-8,15H,1-2,5H2. The quantitative estimate of drug-likeness (QED) is 0.848. The fraction of sp³-hybridized carbons (Fsp3) is 0.455. The van der Waals surface area contributed by atoms with Crippen LogP contribution in [0.15, 0.2) is 12.1 Å². The molecule has 1 aliphatic carbocycles. The fourth-order valence-electron chi connectivity index (χ4n) is 1.83. The van der Waals surface area contributed by atoms with Gasteiger partial charge in [-0.2, -0.15) is 0 Å². The van der Waals surface area contributed by atoms with Crippen molar-refractivity contribution in [3.8, 4) is 5.75 Å². The molecule has 0 saturated heterocycles. The summed E-state index contributed by atoms with van der Waals surface area (Å²) in [7, 11) is 0. The highest BCUT2D eigenvalue weighted by Crippen LogP contribution is 2.29. The number of hydrogen-bond donors (Lipinski definition) is 1. The molecule has 88 valence electrons. The first-order valence-electron chi connectivity index (χ1n) is 5.05. The molecule has 2 unspecified atom stereocenters. The molecule has 2 nitrogen and oxygen atoms in total. The molecule has 2 rings (SSSR count). The molecule has 0 aromatic heterocycles. The predicted molar refractivity (Wildman–Crippen MR) is 50.6 cm³/mol. The average molecular weight is 232 g/mol. The summed E-state index contributed by atoms with van der Waals surface area (Å²) >= 11 is 0. The van der Waals surface area contributed by atoms with Crippen LogP contribution in [0, 0.1) is 17.5 Å². The van der Waals surface area contributed by atoms with Crippen molar-refractivity contribution in [1.29, 1.82) is 0 Å². The molecule has 2 atom stereocenters. The Labute approximate surface area is 90.7 Å². The van der Waals surface area contributed by atoms with Gasteiger partial charge in [-0.3, -0.25) is 0 Å². The van der Waals surface area contributed by atoms with Crippen LogP contribution in [0.5, 0.6) is 5.75 Å². The van der Waals surface area contributed by atoms with E-state index in [-0.39, 0.29) is 0 Å². The zero-order valence-corrected chi connectivity index (χ0v) is 8.42. The highest BCUT2D eigenvalue weighted by atomic mass is 19.1. The molecule has 1 aromatic carbocycles. The zero-order chi connectivity index (χ0) is 11.7. The number of rotatable bonds is 2. The van der Waals surface area contributed by atoms with Crippen LogP contribution in [0.4, 0.5) is 13.2 Å². The first kappa shape index (κ1) is 11.3. The molecule has 1 fully saturated rings. The number of ether oxygens (including phenoxy) is 1.